The zero-order valence-corrected chi connectivity index (χ0v) is 8.80. The van der Waals surface area contributed by atoms with Gasteiger partial charge in [0.1, 0.15) is 0 Å². The van der Waals surface area contributed by atoms with Crippen LogP contribution in [0.4, 0.5) is 11.4 Å². The van der Waals surface area contributed by atoms with Crippen molar-refractivity contribution >= 4 is 23.2 Å². The molecule has 1 aromatic carbocycles. The second-order valence-electron chi connectivity index (χ2n) is 4.26. The smallest absolute Gasteiger partial charge is 0.224 e. The molecule has 16 heavy (non-hydrogen) atoms. The van der Waals surface area contributed by atoms with Crippen LogP contribution in [0.25, 0.3) is 0 Å². The predicted octanol–water partition coefficient (Wildman–Crippen LogP) is 1.46. The Morgan fingerprint density at radius 2 is 1.19 bits per heavy atom. The summed E-state index contributed by atoms with van der Waals surface area (Å²) < 4.78 is 0. The lowest BCUT2D eigenvalue weighted by Gasteiger charge is -2.23. The van der Waals surface area contributed by atoms with Crippen molar-refractivity contribution in [1.82, 2.24) is 0 Å². The molecule has 2 aliphatic rings. The molecular weight excluding hydrogens is 204 g/mol. The van der Waals surface area contributed by atoms with Gasteiger partial charge >= 0.3 is 0 Å². The van der Waals surface area contributed by atoms with E-state index in [1.165, 1.54) is 0 Å². The lowest BCUT2D eigenvalue weighted by molar-refractivity contribution is -0.117. The van der Waals surface area contributed by atoms with Gasteiger partial charge in [-0.25, -0.2) is 0 Å². The topological polar surface area (TPSA) is 58.2 Å². The van der Waals surface area contributed by atoms with Crippen LogP contribution >= 0.6 is 0 Å². The highest BCUT2D eigenvalue weighted by molar-refractivity contribution is 5.97. The molecule has 0 bridgehead atoms. The van der Waals surface area contributed by atoms with E-state index in [0.29, 0.717) is 12.8 Å². The summed E-state index contributed by atoms with van der Waals surface area (Å²) in [4.78, 5) is 22.5. The van der Waals surface area contributed by atoms with Crippen LogP contribution in [0.3, 0.4) is 0 Å². The van der Waals surface area contributed by atoms with E-state index in [1.54, 1.807) is 0 Å². The second kappa shape index (κ2) is 3.33. The summed E-state index contributed by atoms with van der Waals surface area (Å²) in [7, 11) is 0. The highest BCUT2D eigenvalue weighted by atomic mass is 16.2. The molecule has 0 aromatic heterocycles. The van der Waals surface area contributed by atoms with Crippen LogP contribution in [0, 0.1) is 0 Å². The van der Waals surface area contributed by atoms with Crippen LogP contribution in [0.2, 0.25) is 0 Å². The van der Waals surface area contributed by atoms with Crippen LogP contribution in [0.15, 0.2) is 12.1 Å². The molecule has 2 heterocycles. The Hall–Kier alpha value is -1.84. The van der Waals surface area contributed by atoms with Gasteiger partial charge in [0.2, 0.25) is 11.8 Å². The van der Waals surface area contributed by atoms with E-state index < -0.39 is 0 Å². The predicted molar refractivity (Wildman–Crippen MR) is 60.3 cm³/mol. The number of anilines is 2. The van der Waals surface area contributed by atoms with Gasteiger partial charge in [-0.2, -0.15) is 0 Å². The minimum Gasteiger partial charge on any atom is -0.326 e. The summed E-state index contributed by atoms with van der Waals surface area (Å²) in [5.41, 5.74) is 4.04. The van der Waals surface area contributed by atoms with Crippen molar-refractivity contribution in [2.75, 3.05) is 10.6 Å². The lowest BCUT2D eigenvalue weighted by Crippen LogP contribution is -2.23. The van der Waals surface area contributed by atoms with Gasteiger partial charge in [0, 0.05) is 24.2 Å². The molecular formula is C12H12N2O2. The molecule has 82 valence electrons. The quantitative estimate of drug-likeness (QED) is 0.689. The number of hydrogen-bond acceptors (Lipinski definition) is 2. The molecule has 2 aliphatic heterocycles. The van der Waals surface area contributed by atoms with Crippen molar-refractivity contribution in [2.45, 2.75) is 25.7 Å². The van der Waals surface area contributed by atoms with Gasteiger partial charge in [-0.15, -0.1) is 0 Å². The molecule has 0 fully saturated rings. The van der Waals surface area contributed by atoms with Gasteiger partial charge in [0.05, 0.1) is 0 Å². The second-order valence-corrected chi connectivity index (χ2v) is 4.26. The van der Waals surface area contributed by atoms with Crippen LogP contribution in [-0.2, 0) is 22.4 Å². The van der Waals surface area contributed by atoms with Crippen molar-refractivity contribution in [3.63, 3.8) is 0 Å². The molecule has 0 saturated carbocycles. The maximum Gasteiger partial charge on any atom is 0.224 e. The van der Waals surface area contributed by atoms with E-state index in [4.69, 9.17) is 0 Å². The maximum atomic E-state index is 11.3. The SMILES string of the molecule is O=C1CCc2cc3c(cc2N1)CCC(=O)N3. The Morgan fingerprint density at radius 1 is 0.750 bits per heavy atom. The summed E-state index contributed by atoms with van der Waals surface area (Å²) in [6, 6.07) is 3.97. The molecule has 3 rings (SSSR count). The van der Waals surface area contributed by atoms with Gasteiger partial charge in [-0.3, -0.25) is 9.59 Å². The number of benzene rings is 1. The number of carbonyl (C=O) groups is 2. The molecule has 0 unspecified atom stereocenters. The van der Waals surface area contributed by atoms with E-state index >= 15 is 0 Å². The maximum absolute atomic E-state index is 11.3. The molecule has 0 radical (unpaired) electrons. The molecule has 2 amide bonds. The van der Waals surface area contributed by atoms with E-state index in [-0.39, 0.29) is 11.8 Å². The van der Waals surface area contributed by atoms with Crippen molar-refractivity contribution in [3.05, 3.63) is 23.3 Å². The zero-order chi connectivity index (χ0) is 11.1. The largest absolute Gasteiger partial charge is 0.326 e. The number of fused-ring (bicyclic) bond motifs is 2. The van der Waals surface area contributed by atoms with E-state index in [0.717, 1.165) is 35.3 Å². The highest BCUT2D eigenvalue weighted by Crippen LogP contribution is 2.31. The molecule has 2 N–H and O–H groups in total. The molecule has 4 nitrogen and oxygen atoms in total. The third-order valence-corrected chi connectivity index (χ3v) is 3.12. The lowest BCUT2D eigenvalue weighted by atomic mass is 9.95. The highest BCUT2D eigenvalue weighted by Gasteiger charge is 2.20. The molecule has 0 spiro atoms. The Morgan fingerprint density at radius 3 is 1.62 bits per heavy atom. The first kappa shape index (κ1) is 9.39. The van der Waals surface area contributed by atoms with Crippen LogP contribution in [-0.4, -0.2) is 11.8 Å². The van der Waals surface area contributed by atoms with Gasteiger partial charge in [-0.1, -0.05) is 0 Å². The molecule has 0 saturated heterocycles. The number of rotatable bonds is 0. The number of hydrogen-bond donors (Lipinski definition) is 2. The monoisotopic (exact) mass is 216 g/mol. The minimum atomic E-state index is 0.0762. The number of amides is 2. The fraction of sp³-hybridized carbons (Fsp3) is 0.333. The number of nitrogens with one attached hydrogen (secondary N) is 2. The van der Waals surface area contributed by atoms with Crippen molar-refractivity contribution in [2.24, 2.45) is 0 Å². The molecule has 1 aromatic rings. The van der Waals surface area contributed by atoms with Gasteiger partial charge in [0.15, 0.2) is 0 Å². The number of aryl methyl sites for hydroxylation is 2. The average Bonchev–Trinajstić information content (AvgIpc) is 2.26. The Balaban J connectivity index is 2.05. The van der Waals surface area contributed by atoms with Crippen molar-refractivity contribution in [1.29, 1.82) is 0 Å². The summed E-state index contributed by atoms with van der Waals surface area (Å²) in [5, 5.41) is 5.74. The third kappa shape index (κ3) is 1.46. The standard InChI is InChI=1S/C12H12N2O2/c15-11-3-1-7-5-10-8(6-9(7)13-11)2-4-12(16)14-10/h5-6H,1-4H2,(H,13,15)(H,14,16). The Bertz CT molecular complexity index is 448. The molecule has 4 heteroatoms. The van der Waals surface area contributed by atoms with Gasteiger partial charge in [-0.05, 0) is 36.1 Å². The summed E-state index contributed by atoms with van der Waals surface area (Å²) in [6.45, 7) is 0. The van der Waals surface area contributed by atoms with E-state index in [2.05, 4.69) is 10.6 Å². The first-order valence-electron chi connectivity index (χ1n) is 5.48. The van der Waals surface area contributed by atoms with Gasteiger partial charge in [0.25, 0.3) is 0 Å². The third-order valence-electron chi connectivity index (χ3n) is 3.12. The Labute approximate surface area is 93.0 Å². The van der Waals surface area contributed by atoms with E-state index in [1.807, 2.05) is 12.1 Å². The van der Waals surface area contributed by atoms with Crippen LogP contribution in [0.5, 0.6) is 0 Å². The normalized spacial score (nSPS) is 18.2. The van der Waals surface area contributed by atoms with Crippen molar-refractivity contribution < 1.29 is 9.59 Å². The molecule has 0 atom stereocenters. The van der Waals surface area contributed by atoms with E-state index in [9.17, 15) is 9.59 Å². The first-order valence-corrected chi connectivity index (χ1v) is 5.48. The molecule has 0 aliphatic carbocycles. The summed E-state index contributed by atoms with van der Waals surface area (Å²) in [5.74, 6) is 0.152. The van der Waals surface area contributed by atoms with Crippen LogP contribution in [0.1, 0.15) is 24.0 Å². The first-order chi connectivity index (χ1) is 7.72. The number of carbonyl (C=O) groups excluding carboxylic acids is 2. The summed E-state index contributed by atoms with van der Waals surface area (Å²) in [6.07, 6.45) is 2.56. The fourth-order valence-electron chi connectivity index (χ4n) is 2.26. The van der Waals surface area contributed by atoms with Gasteiger partial charge < -0.3 is 10.6 Å². The van der Waals surface area contributed by atoms with Crippen molar-refractivity contribution in [3.8, 4) is 0 Å². The Kier molecular flexibility index (Phi) is 1.96. The van der Waals surface area contributed by atoms with Crippen LogP contribution < -0.4 is 10.6 Å². The average molecular weight is 216 g/mol. The summed E-state index contributed by atoms with van der Waals surface area (Å²) >= 11 is 0. The fourth-order valence-corrected chi connectivity index (χ4v) is 2.26. The minimum absolute atomic E-state index is 0.0762. The zero-order valence-electron chi connectivity index (χ0n) is 8.80.